The zero-order chi connectivity index (χ0) is 22.8. The van der Waals surface area contributed by atoms with Gasteiger partial charge in [0, 0.05) is 39.6 Å². The van der Waals surface area contributed by atoms with Crippen molar-refractivity contribution in [1.29, 1.82) is 0 Å². The Morgan fingerprint density at radius 2 is 0.800 bits per heavy atom. The van der Waals surface area contributed by atoms with E-state index in [9.17, 15) is 26.7 Å². The second-order valence-electron chi connectivity index (χ2n) is 5.96. The number of hydrogen-bond donors (Lipinski definition) is 0. The molecule has 0 amide bonds. The molecule has 30 heavy (non-hydrogen) atoms. The summed E-state index contributed by atoms with van der Waals surface area (Å²) in [5.41, 5.74) is -8.11. The van der Waals surface area contributed by atoms with E-state index < -0.39 is 37.6 Å². The summed E-state index contributed by atoms with van der Waals surface area (Å²) in [6, 6.07) is 9.36. The van der Waals surface area contributed by atoms with Crippen LogP contribution in [0.1, 0.15) is 11.1 Å². The molecule has 166 valence electrons. The van der Waals surface area contributed by atoms with Gasteiger partial charge in [-0.25, -0.2) is 0 Å². The molecule has 12 heteroatoms. The van der Waals surface area contributed by atoms with Crippen molar-refractivity contribution in [2.75, 3.05) is 28.4 Å². The molecule has 2 rings (SSSR count). The highest BCUT2D eigenvalue weighted by Crippen LogP contribution is 2.66. The molecule has 0 N–H and O–H groups in total. The molecular weight excluding hydrogens is 450 g/mol. The minimum Gasteiger partial charge on any atom is -0.308 e. The Hall–Kier alpha value is -1.54. The fourth-order valence-corrected chi connectivity index (χ4v) is 4.80. The van der Waals surface area contributed by atoms with Crippen molar-refractivity contribution in [3.63, 3.8) is 0 Å². The third kappa shape index (κ3) is 4.13. The Morgan fingerprint density at radius 3 is 1.00 bits per heavy atom. The summed E-state index contributed by atoms with van der Waals surface area (Å²) in [4.78, 5) is 0. The van der Waals surface area contributed by atoms with Gasteiger partial charge in [-0.15, -0.1) is 0 Å². The lowest BCUT2D eigenvalue weighted by atomic mass is 10.0. The fourth-order valence-electron chi connectivity index (χ4n) is 2.65. The van der Waals surface area contributed by atoms with Gasteiger partial charge in [0.2, 0.25) is 0 Å². The minimum absolute atomic E-state index is 0.427. The number of hydrogen-bond acceptors (Lipinski definition) is 6. The molecule has 0 aromatic heterocycles. The maximum Gasteiger partial charge on any atom is 0.403 e. The van der Waals surface area contributed by atoms with Gasteiger partial charge >= 0.3 is 26.5 Å². The first kappa shape index (κ1) is 24.7. The molecule has 0 fully saturated rings. The quantitative estimate of drug-likeness (QED) is 0.311. The summed E-state index contributed by atoms with van der Waals surface area (Å²) in [6.45, 7) is 0. The molecule has 0 unspecified atom stereocenters. The van der Waals surface area contributed by atoms with Gasteiger partial charge in [0.1, 0.15) is 0 Å². The first-order chi connectivity index (χ1) is 13.9. The third-order valence-corrected chi connectivity index (χ3v) is 8.26. The highest BCUT2D eigenvalue weighted by Gasteiger charge is 2.54. The third-order valence-electron chi connectivity index (χ3n) is 4.45. The average molecular weight is 470 g/mol. The van der Waals surface area contributed by atoms with Gasteiger partial charge in [0.15, 0.2) is 0 Å². The highest BCUT2D eigenvalue weighted by atomic mass is 31.2. The van der Waals surface area contributed by atoms with Crippen LogP contribution in [-0.4, -0.2) is 28.4 Å². The second kappa shape index (κ2) is 8.91. The monoisotopic (exact) mass is 470 g/mol. The van der Waals surface area contributed by atoms with Crippen LogP contribution in [0.4, 0.5) is 17.6 Å². The molecule has 6 nitrogen and oxygen atoms in total. The number of benzene rings is 2. The number of rotatable bonds is 9. The van der Waals surface area contributed by atoms with Crippen LogP contribution in [0.5, 0.6) is 0 Å². The highest BCUT2D eigenvalue weighted by molar-refractivity contribution is 7.55. The van der Waals surface area contributed by atoms with Gasteiger partial charge in [-0.2, -0.15) is 17.6 Å². The van der Waals surface area contributed by atoms with Crippen LogP contribution in [0.15, 0.2) is 48.5 Å². The molecule has 0 aliphatic carbocycles. The van der Waals surface area contributed by atoms with Crippen LogP contribution in [0.25, 0.3) is 11.1 Å². The van der Waals surface area contributed by atoms with Gasteiger partial charge in [0.25, 0.3) is 0 Å². The molecule has 0 aliphatic heterocycles. The predicted molar refractivity (Wildman–Crippen MR) is 103 cm³/mol. The Bertz CT molecular complexity index is 868. The van der Waals surface area contributed by atoms with Crippen molar-refractivity contribution >= 4 is 15.2 Å². The van der Waals surface area contributed by atoms with Crippen molar-refractivity contribution in [2.24, 2.45) is 0 Å². The van der Waals surface area contributed by atoms with E-state index in [4.69, 9.17) is 0 Å². The zero-order valence-electron chi connectivity index (χ0n) is 16.5. The predicted octanol–water partition coefficient (Wildman–Crippen LogP) is 6.42. The lowest BCUT2D eigenvalue weighted by Crippen LogP contribution is -2.16. The maximum atomic E-state index is 14.5. The van der Waals surface area contributed by atoms with Gasteiger partial charge < -0.3 is 18.1 Å². The lowest BCUT2D eigenvalue weighted by molar-refractivity contribution is 0.0453. The average Bonchev–Trinajstić information content (AvgIpc) is 2.77. The maximum absolute atomic E-state index is 14.5. The fraction of sp³-hybridized carbons (Fsp3) is 0.333. The molecule has 0 radical (unpaired) electrons. The van der Waals surface area contributed by atoms with Crippen LogP contribution >= 0.6 is 15.2 Å². The molecule has 0 spiro atoms. The summed E-state index contributed by atoms with van der Waals surface area (Å²) < 4.78 is 99.5. The van der Waals surface area contributed by atoms with E-state index in [0.29, 0.717) is 11.1 Å². The van der Waals surface area contributed by atoms with Crippen LogP contribution in [0.2, 0.25) is 0 Å². The number of alkyl halides is 4. The molecule has 2 aromatic rings. The summed E-state index contributed by atoms with van der Waals surface area (Å²) in [5, 5.41) is 0. The van der Waals surface area contributed by atoms with Gasteiger partial charge in [0.05, 0.1) is 0 Å². The van der Waals surface area contributed by atoms with Gasteiger partial charge in [-0.1, -0.05) is 48.5 Å². The van der Waals surface area contributed by atoms with Crippen molar-refractivity contribution in [3.05, 3.63) is 59.7 Å². The van der Waals surface area contributed by atoms with Crippen LogP contribution in [-0.2, 0) is 38.6 Å². The molecular formula is C18H20F4O6P2. The van der Waals surface area contributed by atoms with Crippen molar-refractivity contribution in [1.82, 2.24) is 0 Å². The topological polar surface area (TPSA) is 71.1 Å². The lowest BCUT2D eigenvalue weighted by Gasteiger charge is -2.24. The van der Waals surface area contributed by atoms with Crippen molar-refractivity contribution < 1.29 is 44.8 Å². The van der Waals surface area contributed by atoms with E-state index in [1.54, 1.807) is 0 Å². The second-order valence-corrected chi connectivity index (χ2v) is 10.5. The van der Waals surface area contributed by atoms with Crippen molar-refractivity contribution in [2.45, 2.75) is 11.3 Å². The van der Waals surface area contributed by atoms with Gasteiger partial charge in [-0.3, -0.25) is 9.13 Å². The van der Waals surface area contributed by atoms with Crippen LogP contribution < -0.4 is 0 Å². The minimum atomic E-state index is -4.71. The smallest absolute Gasteiger partial charge is 0.308 e. The van der Waals surface area contributed by atoms with E-state index in [-0.39, 0.29) is 0 Å². The molecule has 0 heterocycles. The Balaban J connectivity index is 2.35. The SMILES string of the molecule is COP(=O)(OC)C(F)(F)c1ccc(-c2ccc(C(F)(F)P(=O)(OC)OC)cc2)cc1. The van der Waals surface area contributed by atoms with E-state index >= 15 is 0 Å². The molecule has 0 saturated carbocycles. The zero-order valence-corrected chi connectivity index (χ0v) is 18.3. The summed E-state index contributed by atoms with van der Waals surface area (Å²) in [6.07, 6.45) is 0. The van der Waals surface area contributed by atoms with E-state index in [1.165, 1.54) is 24.3 Å². The molecule has 0 aliphatic rings. The van der Waals surface area contributed by atoms with E-state index in [0.717, 1.165) is 52.7 Å². The molecule has 0 atom stereocenters. The van der Waals surface area contributed by atoms with Gasteiger partial charge in [-0.05, 0) is 11.1 Å². The normalized spacial score (nSPS) is 13.5. The van der Waals surface area contributed by atoms with Crippen molar-refractivity contribution in [3.8, 4) is 11.1 Å². The summed E-state index contributed by atoms with van der Waals surface area (Å²) >= 11 is 0. The molecule has 2 aromatic carbocycles. The Kier molecular flexibility index (Phi) is 7.34. The van der Waals surface area contributed by atoms with Crippen LogP contribution in [0, 0.1) is 0 Å². The van der Waals surface area contributed by atoms with Crippen LogP contribution in [0.3, 0.4) is 0 Å². The standard InChI is InChI=1S/C18H20F4O6P2/c1-25-29(23,26-2)17(19,20)15-9-5-13(6-10-15)14-7-11-16(12-8-14)18(21,22)30(24,27-3)28-4/h5-12H,1-4H3. The first-order valence-corrected chi connectivity index (χ1v) is 11.4. The Morgan fingerprint density at radius 1 is 0.567 bits per heavy atom. The summed E-state index contributed by atoms with van der Waals surface area (Å²) in [7, 11) is -5.99. The Labute approximate surface area is 171 Å². The number of halogens is 4. The van der Waals surface area contributed by atoms with E-state index in [2.05, 4.69) is 18.1 Å². The molecule has 0 saturated heterocycles. The summed E-state index contributed by atoms with van der Waals surface area (Å²) in [5.74, 6) is 0. The first-order valence-electron chi connectivity index (χ1n) is 8.32. The molecule has 0 bridgehead atoms. The largest absolute Gasteiger partial charge is 0.403 e. The van der Waals surface area contributed by atoms with E-state index in [1.807, 2.05) is 0 Å².